The van der Waals surface area contributed by atoms with E-state index in [1.165, 1.54) is 4.90 Å². The molecule has 1 N–H and O–H groups in total. The quantitative estimate of drug-likeness (QED) is 0.478. The Morgan fingerprint density at radius 1 is 1.04 bits per heavy atom. The third kappa shape index (κ3) is 6.88. The molecule has 7 nitrogen and oxygen atoms in total. The summed E-state index contributed by atoms with van der Waals surface area (Å²) in [4.78, 5) is 25.3. The van der Waals surface area contributed by atoms with Crippen LogP contribution >= 0.6 is 0 Å². The largest absolute Gasteiger partial charge is 0.500 e. The van der Waals surface area contributed by atoms with Crippen molar-refractivity contribution in [3.05, 3.63) is 0 Å². The van der Waals surface area contributed by atoms with Gasteiger partial charge in [0, 0.05) is 46.9 Å². The van der Waals surface area contributed by atoms with Gasteiger partial charge in [0.1, 0.15) is 0 Å². The second kappa shape index (κ2) is 11.6. The summed E-state index contributed by atoms with van der Waals surface area (Å²) < 4.78 is 16.1. The molecule has 0 bridgehead atoms. The summed E-state index contributed by atoms with van der Waals surface area (Å²) in [5, 5.41) is 2.85. The Kier molecular flexibility index (Phi) is 10.2. The molecule has 1 aliphatic heterocycles. The molecule has 140 valence electrons. The highest BCUT2D eigenvalue weighted by Gasteiger charge is 2.36. The van der Waals surface area contributed by atoms with Gasteiger partial charge in [0.2, 0.25) is 5.91 Å². The second-order valence-electron chi connectivity index (χ2n) is 6.05. The van der Waals surface area contributed by atoms with Crippen LogP contribution in [0.25, 0.3) is 0 Å². The van der Waals surface area contributed by atoms with Crippen LogP contribution in [0.4, 0.5) is 4.79 Å². The van der Waals surface area contributed by atoms with Crippen molar-refractivity contribution < 1.29 is 22.9 Å². The first-order valence-electron chi connectivity index (χ1n) is 8.82. The van der Waals surface area contributed by atoms with Crippen molar-refractivity contribution in [2.75, 3.05) is 34.4 Å². The Labute approximate surface area is 146 Å². The number of unbranched alkanes of at least 4 members (excludes halogenated alkanes) is 3. The van der Waals surface area contributed by atoms with Gasteiger partial charge in [0.05, 0.1) is 0 Å². The van der Waals surface area contributed by atoms with Gasteiger partial charge in [-0.1, -0.05) is 19.3 Å². The molecule has 0 saturated carbocycles. The molecule has 0 unspecified atom stereocenters. The number of nitrogens with one attached hydrogen (secondary N) is 1. The lowest BCUT2D eigenvalue weighted by Crippen LogP contribution is -2.43. The average molecular weight is 361 g/mol. The molecular weight excluding hydrogens is 328 g/mol. The minimum Gasteiger partial charge on any atom is -0.377 e. The molecule has 0 aromatic rings. The van der Waals surface area contributed by atoms with E-state index in [1.54, 1.807) is 21.3 Å². The minimum absolute atomic E-state index is 0.0509. The standard InChI is InChI=1S/C16H32N2O5Si/c1-21-24(22-2,23-3)14-10-5-4-8-12-17-16(20)18-13-9-6-7-11-15(18)19/h4-14H2,1-3H3,(H,17,20). The zero-order chi connectivity index (χ0) is 17.8. The van der Waals surface area contributed by atoms with Gasteiger partial charge in [-0.05, 0) is 25.7 Å². The van der Waals surface area contributed by atoms with Crippen LogP contribution in [0.3, 0.4) is 0 Å². The lowest BCUT2D eigenvalue weighted by Gasteiger charge is -2.24. The zero-order valence-electron chi connectivity index (χ0n) is 15.3. The highest BCUT2D eigenvalue weighted by atomic mass is 28.4. The fourth-order valence-electron chi connectivity index (χ4n) is 2.86. The summed E-state index contributed by atoms with van der Waals surface area (Å²) in [6.45, 7) is 1.15. The fourth-order valence-corrected chi connectivity index (χ4v) is 4.66. The predicted molar refractivity (Wildman–Crippen MR) is 93.6 cm³/mol. The normalized spacial score (nSPS) is 16.1. The molecule has 8 heteroatoms. The lowest BCUT2D eigenvalue weighted by atomic mass is 10.2. The number of imide groups is 1. The van der Waals surface area contributed by atoms with Gasteiger partial charge in [-0.15, -0.1) is 0 Å². The molecule has 1 rings (SSSR count). The predicted octanol–water partition coefficient (Wildman–Crippen LogP) is 2.54. The van der Waals surface area contributed by atoms with Gasteiger partial charge >= 0.3 is 14.8 Å². The third-order valence-corrected chi connectivity index (χ3v) is 7.27. The molecule has 0 spiro atoms. The number of rotatable bonds is 10. The van der Waals surface area contributed by atoms with E-state index in [9.17, 15) is 9.59 Å². The molecule has 3 amide bonds. The summed E-state index contributed by atoms with van der Waals surface area (Å²) >= 11 is 0. The van der Waals surface area contributed by atoms with Crippen molar-refractivity contribution >= 4 is 20.7 Å². The summed E-state index contributed by atoms with van der Waals surface area (Å²) in [5.74, 6) is -0.0509. The number of urea groups is 1. The van der Waals surface area contributed by atoms with Crippen molar-refractivity contribution in [3.63, 3.8) is 0 Å². The highest BCUT2D eigenvalue weighted by Crippen LogP contribution is 2.17. The Hall–Kier alpha value is -0.963. The maximum Gasteiger partial charge on any atom is 0.500 e. The maximum absolute atomic E-state index is 12.0. The molecule has 24 heavy (non-hydrogen) atoms. The Bertz CT molecular complexity index is 382. The van der Waals surface area contributed by atoms with Crippen LogP contribution < -0.4 is 5.32 Å². The van der Waals surface area contributed by atoms with Crippen LogP contribution in [0, 0.1) is 0 Å². The topological polar surface area (TPSA) is 77.1 Å². The number of hydrogen-bond donors (Lipinski definition) is 1. The molecular formula is C16H32N2O5Si. The van der Waals surface area contributed by atoms with Crippen molar-refractivity contribution in [1.82, 2.24) is 10.2 Å². The van der Waals surface area contributed by atoms with Crippen molar-refractivity contribution in [3.8, 4) is 0 Å². The maximum atomic E-state index is 12.0. The van der Waals surface area contributed by atoms with Crippen LogP contribution in [0.15, 0.2) is 0 Å². The summed E-state index contributed by atoms with van der Waals surface area (Å²) in [6, 6.07) is 0.553. The van der Waals surface area contributed by atoms with E-state index in [4.69, 9.17) is 13.3 Å². The molecule has 1 heterocycles. The number of carbonyl (C=O) groups is 2. The molecule has 1 fully saturated rings. The van der Waals surface area contributed by atoms with Crippen molar-refractivity contribution in [2.24, 2.45) is 0 Å². The first kappa shape index (κ1) is 21.1. The van der Waals surface area contributed by atoms with Gasteiger partial charge < -0.3 is 18.6 Å². The number of hydrogen-bond acceptors (Lipinski definition) is 5. The summed E-state index contributed by atoms with van der Waals surface area (Å²) in [5.41, 5.74) is 0. The number of likely N-dealkylation sites (tertiary alicyclic amines) is 1. The minimum atomic E-state index is -2.45. The van der Waals surface area contributed by atoms with Crippen LogP contribution in [0.5, 0.6) is 0 Å². The van der Waals surface area contributed by atoms with E-state index in [-0.39, 0.29) is 11.9 Å². The molecule has 0 radical (unpaired) electrons. The molecule has 0 aliphatic carbocycles. The van der Waals surface area contributed by atoms with E-state index in [1.807, 2.05) is 0 Å². The SMILES string of the molecule is CO[Si](CCCCCCNC(=O)N1CCCCCC1=O)(OC)OC. The van der Waals surface area contributed by atoms with Crippen LogP contribution in [-0.2, 0) is 18.1 Å². The van der Waals surface area contributed by atoms with Gasteiger partial charge in [0.15, 0.2) is 0 Å². The van der Waals surface area contributed by atoms with E-state index >= 15 is 0 Å². The molecule has 1 aliphatic rings. The lowest BCUT2D eigenvalue weighted by molar-refractivity contribution is -0.127. The Morgan fingerprint density at radius 2 is 1.71 bits per heavy atom. The number of carbonyl (C=O) groups excluding carboxylic acids is 2. The fraction of sp³-hybridized carbons (Fsp3) is 0.875. The Balaban J connectivity index is 2.13. The van der Waals surface area contributed by atoms with Gasteiger partial charge in [-0.3, -0.25) is 9.69 Å². The van der Waals surface area contributed by atoms with Gasteiger partial charge in [-0.2, -0.15) is 0 Å². The Morgan fingerprint density at radius 3 is 2.38 bits per heavy atom. The highest BCUT2D eigenvalue weighted by molar-refractivity contribution is 6.60. The summed E-state index contributed by atoms with van der Waals surface area (Å²) in [7, 11) is 2.42. The average Bonchev–Trinajstić information content (AvgIpc) is 2.82. The first-order valence-corrected chi connectivity index (χ1v) is 10.8. The van der Waals surface area contributed by atoms with Crippen LogP contribution in [-0.4, -0.2) is 60.1 Å². The number of amides is 3. The summed E-state index contributed by atoms with van der Waals surface area (Å²) in [6.07, 6.45) is 7.21. The molecule has 1 saturated heterocycles. The molecule has 0 atom stereocenters. The van der Waals surface area contributed by atoms with Crippen LogP contribution in [0.2, 0.25) is 6.04 Å². The van der Waals surface area contributed by atoms with Crippen molar-refractivity contribution in [1.29, 1.82) is 0 Å². The smallest absolute Gasteiger partial charge is 0.377 e. The first-order chi connectivity index (χ1) is 11.6. The molecule has 0 aromatic heterocycles. The third-order valence-electron chi connectivity index (χ3n) is 4.44. The van der Waals surface area contributed by atoms with Crippen molar-refractivity contribution in [2.45, 2.75) is 57.4 Å². The second-order valence-corrected chi connectivity index (χ2v) is 9.14. The monoisotopic (exact) mass is 360 g/mol. The van der Waals surface area contributed by atoms with Crippen LogP contribution in [0.1, 0.15) is 51.4 Å². The van der Waals surface area contributed by atoms with Gasteiger partial charge in [-0.25, -0.2) is 4.79 Å². The zero-order valence-corrected chi connectivity index (χ0v) is 16.3. The molecule has 0 aromatic carbocycles. The van der Waals surface area contributed by atoms with Gasteiger partial charge in [0.25, 0.3) is 0 Å². The van der Waals surface area contributed by atoms with E-state index in [0.717, 1.165) is 51.0 Å². The van der Waals surface area contributed by atoms with E-state index in [2.05, 4.69) is 5.32 Å². The number of nitrogens with zero attached hydrogens (tertiary/aromatic N) is 1. The van der Waals surface area contributed by atoms with E-state index in [0.29, 0.717) is 19.5 Å². The van der Waals surface area contributed by atoms with E-state index < -0.39 is 8.80 Å².